The molecule has 0 fully saturated rings. The topological polar surface area (TPSA) is 12.0 Å². The molecule has 0 bridgehead atoms. The average Bonchev–Trinajstić information content (AvgIpc) is 2.51. The molecule has 1 aromatic carbocycles. The van der Waals surface area contributed by atoms with Crippen LogP contribution in [0.5, 0.6) is 0 Å². The number of allylic oxidation sites excluding steroid dienone is 4. The summed E-state index contributed by atoms with van der Waals surface area (Å²) in [7, 11) is 0. The number of nitrogens with one attached hydrogen (secondary N) is 1. The Morgan fingerprint density at radius 2 is 1.95 bits per heavy atom. The molecule has 0 aliphatic rings. The van der Waals surface area contributed by atoms with E-state index in [4.69, 9.17) is 0 Å². The third kappa shape index (κ3) is 7.10. The van der Waals surface area contributed by atoms with Crippen molar-refractivity contribution in [3.8, 4) is 0 Å². The van der Waals surface area contributed by atoms with Crippen molar-refractivity contribution >= 4 is 6.08 Å². The molecule has 1 unspecified atom stereocenters. The van der Waals surface area contributed by atoms with E-state index in [1.165, 1.54) is 23.1 Å². The molecule has 0 spiro atoms. The molecule has 114 valence electrons. The van der Waals surface area contributed by atoms with E-state index >= 15 is 0 Å². The van der Waals surface area contributed by atoms with Crippen LogP contribution in [0.15, 0.2) is 54.1 Å². The van der Waals surface area contributed by atoms with Gasteiger partial charge in [-0.3, -0.25) is 0 Å². The van der Waals surface area contributed by atoms with E-state index in [1.54, 1.807) is 0 Å². The highest BCUT2D eigenvalue weighted by atomic mass is 14.9. The average molecular weight is 283 g/mol. The molecule has 1 nitrogen and oxygen atoms in total. The summed E-state index contributed by atoms with van der Waals surface area (Å²) in [6.45, 7) is 9.53. The maximum Gasteiger partial charge on any atom is 0.0294 e. The van der Waals surface area contributed by atoms with Gasteiger partial charge in [-0.25, -0.2) is 0 Å². The summed E-state index contributed by atoms with van der Waals surface area (Å²) < 4.78 is 0. The summed E-state index contributed by atoms with van der Waals surface area (Å²) in [6, 6.07) is 9.19. The van der Waals surface area contributed by atoms with Crippen molar-refractivity contribution in [2.45, 2.75) is 46.6 Å². The zero-order chi connectivity index (χ0) is 15.5. The van der Waals surface area contributed by atoms with Crippen LogP contribution in [0.3, 0.4) is 0 Å². The van der Waals surface area contributed by atoms with Crippen molar-refractivity contribution in [2.75, 3.05) is 6.54 Å². The summed E-state index contributed by atoms with van der Waals surface area (Å²) in [6.07, 6.45) is 13.1. The maximum atomic E-state index is 3.56. The Hall–Kier alpha value is -1.60. The van der Waals surface area contributed by atoms with Gasteiger partial charge in [-0.2, -0.15) is 0 Å². The predicted molar refractivity (Wildman–Crippen MR) is 95.4 cm³/mol. The van der Waals surface area contributed by atoms with Crippen LogP contribution in [0.25, 0.3) is 6.08 Å². The third-order valence-corrected chi connectivity index (χ3v) is 3.46. The Kier molecular flexibility index (Phi) is 8.45. The molecule has 0 aromatic heterocycles. The zero-order valence-electron chi connectivity index (χ0n) is 13.9. The first-order chi connectivity index (χ1) is 10.2. The van der Waals surface area contributed by atoms with Gasteiger partial charge in [0.1, 0.15) is 0 Å². The second-order valence-corrected chi connectivity index (χ2v) is 5.50. The number of unbranched alkanes of at least 4 members (excludes halogenated alkanes) is 1. The molecule has 0 saturated heterocycles. The van der Waals surface area contributed by atoms with Crippen LogP contribution in [0.2, 0.25) is 0 Å². The molecular weight excluding hydrogens is 254 g/mol. The molecule has 0 aliphatic heterocycles. The molecule has 0 amide bonds. The summed E-state index contributed by atoms with van der Waals surface area (Å²) in [5.41, 5.74) is 3.96. The monoisotopic (exact) mass is 283 g/mol. The molecule has 0 aliphatic carbocycles. The van der Waals surface area contributed by atoms with Crippen LogP contribution in [0.4, 0.5) is 0 Å². The van der Waals surface area contributed by atoms with Crippen molar-refractivity contribution in [3.05, 3.63) is 65.3 Å². The second-order valence-electron chi connectivity index (χ2n) is 5.50. The van der Waals surface area contributed by atoms with Crippen LogP contribution >= 0.6 is 0 Å². The molecule has 21 heavy (non-hydrogen) atoms. The summed E-state index contributed by atoms with van der Waals surface area (Å²) in [5.74, 6) is 0. The fourth-order valence-electron chi connectivity index (χ4n) is 2.03. The van der Waals surface area contributed by atoms with E-state index in [0.29, 0.717) is 6.04 Å². The number of rotatable bonds is 8. The summed E-state index contributed by atoms with van der Waals surface area (Å²) >= 11 is 0. The highest BCUT2D eigenvalue weighted by molar-refractivity contribution is 5.49. The summed E-state index contributed by atoms with van der Waals surface area (Å²) in [5, 5.41) is 3.56. The van der Waals surface area contributed by atoms with Gasteiger partial charge in [0.25, 0.3) is 0 Å². The van der Waals surface area contributed by atoms with E-state index in [0.717, 1.165) is 13.0 Å². The van der Waals surface area contributed by atoms with Gasteiger partial charge in [0.2, 0.25) is 0 Å². The van der Waals surface area contributed by atoms with E-state index in [1.807, 2.05) is 6.92 Å². The largest absolute Gasteiger partial charge is 0.306 e. The van der Waals surface area contributed by atoms with E-state index in [2.05, 4.69) is 80.7 Å². The van der Waals surface area contributed by atoms with Gasteiger partial charge < -0.3 is 5.32 Å². The lowest BCUT2D eigenvalue weighted by Gasteiger charge is -2.14. The standard InChI is InChI=1S/C20H29N/c1-5-7-9-11-19-12-14-20(15-13-19)18(4)21-16-17(3)10-8-6-2/h6,8-15,18,21H,5,7,16H2,1-4H3/b8-6-,11-9+,17-10+. The SMILES string of the molecule is C/C=C\C=C(/C)CNC(C)c1ccc(/C=C/CCC)cc1. The molecule has 1 rings (SSSR count). The van der Waals surface area contributed by atoms with Crippen molar-refractivity contribution in [3.63, 3.8) is 0 Å². The molecule has 0 saturated carbocycles. The first-order valence-corrected chi connectivity index (χ1v) is 7.95. The van der Waals surface area contributed by atoms with E-state index in [-0.39, 0.29) is 0 Å². The van der Waals surface area contributed by atoms with Gasteiger partial charge in [-0.1, -0.05) is 73.6 Å². The van der Waals surface area contributed by atoms with E-state index < -0.39 is 0 Å². The quantitative estimate of drug-likeness (QED) is 0.606. The molecule has 0 heterocycles. The van der Waals surface area contributed by atoms with Crippen LogP contribution in [-0.4, -0.2) is 6.54 Å². The normalized spacial score (nSPS) is 14.2. The number of hydrogen-bond acceptors (Lipinski definition) is 1. The smallest absolute Gasteiger partial charge is 0.0294 e. The maximum absolute atomic E-state index is 3.56. The Balaban J connectivity index is 2.53. The van der Waals surface area contributed by atoms with Gasteiger partial charge in [0, 0.05) is 12.6 Å². The number of benzene rings is 1. The first kappa shape index (κ1) is 17.5. The zero-order valence-corrected chi connectivity index (χ0v) is 13.9. The minimum atomic E-state index is 0.368. The molecule has 1 atom stereocenters. The second kappa shape index (κ2) is 10.2. The number of hydrogen-bond donors (Lipinski definition) is 1. The third-order valence-electron chi connectivity index (χ3n) is 3.46. The van der Waals surface area contributed by atoms with Crippen molar-refractivity contribution in [1.82, 2.24) is 5.32 Å². The van der Waals surface area contributed by atoms with Crippen LogP contribution in [-0.2, 0) is 0 Å². The lowest BCUT2D eigenvalue weighted by Crippen LogP contribution is -2.20. The van der Waals surface area contributed by atoms with Gasteiger partial charge >= 0.3 is 0 Å². The van der Waals surface area contributed by atoms with E-state index in [9.17, 15) is 0 Å². The van der Waals surface area contributed by atoms with Crippen LogP contribution in [0.1, 0.15) is 57.7 Å². The molecule has 1 aromatic rings. The highest BCUT2D eigenvalue weighted by Crippen LogP contribution is 2.14. The van der Waals surface area contributed by atoms with Crippen molar-refractivity contribution < 1.29 is 0 Å². The first-order valence-electron chi connectivity index (χ1n) is 7.95. The molecule has 1 N–H and O–H groups in total. The minimum Gasteiger partial charge on any atom is -0.306 e. The Morgan fingerprint density at radius 1 is 1.24 bits per heavy atom. The minimum absolute atomic E-state index is 0.368. The molecule has 0 radical (unpaired) electrons. The van der Waals surface area contributed by atoms with Gasteiger partial charge in [-0.05, 0) is 38.3 Å². The van der Waals surface area contributed by atoms with Gasteiger partial charge in [-0.15, -0.1) is 0 Å². The molecular formula is C20H29N. The predicted octanol–water partition coefficient (Wildman–Crippen LogP) is 5.67. The fourth-order valence-corrected chi connectivity index (χ4v) is 2.03. The lowest BCUT2D eigenvalue weighted by molar-refractivity contribution is 0.607. The Bertz CT molecular complexity index is 477. The lowest BCUT2D eigenvalue weighted by atomic mass is 10.1. The fraction of sp³-hybridized carbons (Fsp3) is 0.400. The Labute approximate surface area is 130 Å². The van der Waals surface area contributed by atoms with Crippen LogP contribution < -0.4 is 5.32 Å². The molecule has 1 heteroatoms. The van der Waals surface area contributed by atoms with Gasteiger partial charge in [0.15, 0.2) is 0 Å². The van der Waals surface area contributed by atoms with Crippen molar-refractivity contribution in [1.29, 1.82) is 0 Å². The van der Waals surface area contributed by atoms with Crippen LogP contribution in [0, 0.1) is 0 Å². The van der Waals surface area contributed by atoms with Crippen molar-refractivity contribution in [2.24, 2.45) is 0 Å². The summed E-state index contributed by atoms with van der Waals surface area (Å²) in [4.78, 5) is 0. The Morgan fingerprint density at radius 3 is 2.57 bits per heavy atom. The highest BCUT2D eigenvalue weighted by Gasteiger charge is 2.03. The van der Waals surface area contributed by atoms with Gasteiger partial charge in [0.05, 0.1) is 0 Å².